The second-order valence-electron chi connectivity index (χ2n) is 9.84. The average molecular weight is 442 g/mol. The van der Waals surface area contributed by atoms with Crippen molar-refractivity contribution in [2.75, 3.05) is 37.3 Å². The first kappa shape index (κ1) is 22.3. The summed E-state index contributed by atoms with van der Waals surface area (Å²) in [5.74, 6) is 2.53. The fourth-order valence-corrected chi connectivity index (χ4v) is 4.97. The van der Waals surface area contributed by atoms with Crippen molar-refractivity contribution in [2.24, 2.45) is 5.92 Å². The molecule has 2 amide bonds. The van der Waals surface area contributed by atoms with Gasteiger partial charge < -0.3 is 20.9 Å². The number of hydrogen-bond acceptors (Lipinski definition) is 7. The number of anilines is 3. The van der Waals surface area contributed by atoms with Gasteiger partial charge in [-0.3, -0.25) is 10.00 Å². The van der Waals surface area contributed by atoms with Crippen molar-refractivity contribution in [3.8, 4) is 0 Å². The first-order valence-electron chi connectivity index (χ1n) is 11.3. The molecule has 2 aliphatic rings. The van der Waals surface area contributed by atoms with Crippen LogP contribution in [0.3, 0.4) is 0 Å². The van der Waals surface area contributed by atoms with E-state index in [1.807, 2.05) is 25.7 Å². The predicted octanol–water partition coefficient (Wildman–Crippen LogP) is 2.87. The van der Waals surface area contributed by atoms with Crippen molar-refractivity contribution in [1.29, 1.82) is 0 Å². The summed E-state index contributed by atoms with van der Waals surface area (Å²) in [5, 5.41) is 17.2. The van der Waals surface area contributed by atoms with E-state index in [0.717, 1.165) is 30.8 Å². The highest BCUT2D eigenvalue weighted by Gasteiger charge is 2.45. The summed E-state index contributed by atoms with van der Waals surface area (Å²) in [6, 6.07) is 1.74. The Bertz CT molecular complexity index is 988. The van der Waals surface area contributed by atoms with E-state index in [0.29, 0.717) is 36.6 Å². The lowest BCUT2D eigenvalue weighted by Crippen LogP contribution is -2.53. The van der Waals surface area contributed by atoms with Crippen LogP contribution in [0.2, 0.25) is 0 Å². The van der Waals surface area contributed by atoms with E-state index >= 15 is 0 Å². The zero-order valence-electron chi connectivity index (χ0n) is 19.9. The third-order valence-corrected chi connectivity index (χ3v) is 6.87. The van der Waals surface area contributed by atoms with Crippen LogP contribution >= 0.6 is 0 Å². The van der Waals surface area contributed by atoms with Gasteiger partial charge in [-0.1, -0.05) is 6.92 Å². The fourth-order valence-electron chi connectivity index (χ4n) is 4.97. The molecule has 10 nitrogen and oxygen atoms in total. The van der Waals surface area contributed by atoms with Crippen LogP contribution in [0, 0.1) is 5.92 Å². The average Bonchev–Trinajstić information content (AvgIpc) is 3.33. The van der Waals surface area contributed by atoms with E-state index in [2.05, 4.69) is 61.9 Å². The Labute approximate surface area is 189 Å². The summed E-state index contributed by atoms with van der Waals surface area (Å²) in [6.45, 7) is 13.5. The van der Waals surface area contributed by atoms with Gasteiger partial charge in [0.1, 0.15) is 5.82 Å². The van der Waals surface area contributed by atoms with E-state index in [1.165, 1.54) is 0 Å². The molecule has 2 atom stereocenters. The zero-order valence-corrected chi connectivity index (χ0v) is 19.9. The maximum Gasteiger partial charge on any atom is 0.318 e. The van der Waals surface area contributed by atoms with E-state index in [1.54, 1.807) is 12.3 Å². The van der Waals surface area contributed by atoms with Crippen LogP contribution in [0.4, 0.5) is 22.4 Å². The van der Waals surface area contributed by atoms with Crippen LogP contribution in [0.25, 0.3) is 0 Å². The van der Waals surface area contributed by atoms with Gasteiger partial charge in [0.15, 0.2) is 5.82 Å². The van der Waals surface area contributed by atoms with Crippen molar-refractivity contribution in [1.82, 2.24) is 35.3 Å². The fraction of sp³-hybridized carbons (Fsp3) is 0.636. The number of urea groups is 1. The van der Waals surface area contributed by atoms with Gasteiger partial charge in [0, 0.05) is 36.9 Å². The number of nitrogens with zero attached hydrogens (tertiary/aromatic N) is 5. The SMILES string of the molecule is CCNc1nccc(Nc2n[nH]c3c2CN(C(=O)NCC2(C)C[C@@H](C)CN2C)C3(C)C)n1. The summed E-state index contributed by atoms with van der Waals surface area (Å²) in [7, 11) is 2.14. The van der Waals surface area contributed by atoms with Gasteiger partial charge in [0.25, 0.3) is 0 Å². The quantitative estimate of drug-likeness (QED) is 0.545. The monoisotopic (exact) mass is 441 g/mol. The largest absolute Gasteiger partial charge is 0.354 e. The molecule has 0 bridgehead atoms. The van der Waals surface area contributed by atoms with Crippen LogP contribution < -0.4 is 16.0 Å². The molecule has 10 heteroatoms. The first-order valence-corrected chi connectivity index (χ1v) is 11.3. The van der Waals surface area contributed by atoms with Gasteiger partial charge in [-0.25, -0.2) is 9.78 Å². The van der Waals surface area contributed by atoms with Crippen molar-refractivity contribution in [2.45, 2.75) is 58.7 Å². The highest BCUT2D eigenvalue weighted by atomic mass is 16.2. The standard InChI is InChI=1S/C22H35N9O/c1-7-23-19-24-9-8-16(27-19)26-18-15-12-31(21(3,4)17(15)28-29-18)20(32)25-13-22(5)10-14(2)11-30(22)6/h8-9,14H,7,10-13H2,1-6H3,(H,25,32)(H3,23,24,26,27,28,29)/t14-,22?/m1/s1. The number of amides is 2. The summed E-state index contributed by atoms with van der Waals surface area (Å²) in [5.41, 5.74) is 1.40. The predicted molar refractivity (Wildman–Crippen MR) is 125 cm³/mol. The summed E-state index contributed by atoms with van der Waals surface area (Å²) < 4.78 is 0. The third kappa shape index (κ3) is 3.99. The van der Waals surface area contributed by atoms with E-state index < -0.39 is 5.54 Å². The highest BCUT2D eigenvalue weighted by molar-refractivity contribution is 5.77. The lowest BCUT2D eigenvalue weighted by molar-refractivity contribution is 0.132. The Morgan fingerprint density at radius 2 is 2.12 bits per heavy atom. The highest BCUT2D eigenvalue weighted by Crippen LogP contribution is 2.41. The number of aromatic amines is 1. The number of rotatable bonds is 6. The number of likely N-dealkylation sites (tertiary alicyclic amines) is 1. The third-order valence-electron chi connectivity index (χ3n) is 6.87. The molecule has 1 saturated heterocycles. The van der Waals surface area contributed by atoms with Crippen molar-refractivity contribution >= 4 is 23.6 Å². The van der Waals surface area contributed by atoms with Crippen molar-refractivity contribution in [3.05, 3.63) is 23.5 Å². The molecule has 0 aromatic carbocycles. The Morgan fingerprint density at radius 1 is 1.34 bits per heavy atom. The Morgan fingerprint density at radius 3 is 2.81 bits per heavy atom. The lowest BCUT2D eigenvalue weighted by Gasteiger charge is -2.36. The molecule has 1 fully saturated rings. The Kier molecular flexibility index (Phi) is 5.74. The molecule has 4 heterocycles. The molecular formula is C22H35N9O. The van der Waals surface area contributed by atoms with Gasteiger partial charge in [-0.15, -0.1) is 0 Å². The second-order valence-corrected chi connectivity index (χ2v) is 9.84. The van der Waals surface area contributed by atoms with Gasteiger partial charge in [0.05, 0.1) is 17.8 Å². The molecule has 2 aliphatic heterocycles. The number of H-pyrrole nitrogens is 1. The van der Waals surface area contributed by atoms with Crippen molar-refractivity contribution in [3.63, 3.8) is 0 Å². The molecule has 174 valence electrons. The molecule has 32 heavy (non-hydrogen) atoms. The molecule has 0 saturated carbocycles. The maximum atomic E-state index is 13.2. The Hall–Kier alpha value is -2.88. The van der Waals surface area contributed by atoms with Crippen LogP contribution in [-0.2, 0) is 12.1 Å². The molecule has 0 radical (unpaired) electrons. The van der Waals surface area contributed by atoms with Crippen LogP contribution in [0.15, 0.2) is 12.3 Å². The lowest BCUT2D eigenvalue weighted by atomic mass is 9.95. The smallest absolute Gasteiger partial charge is 0.318 e. The van der Waals surface area contributed by atoms with Gasteiger partial charge in [-0.05, 0) is 53.1 Å². The van der Waals surface area contributed by atoms with Gasteiger partial charge >= 0.3 is 6.03 Å². The number of fused-ring (bicyclic) bond motifs is 1. The number of hydrogen-bond donors (Lipinski definition) is 4. The first-order chi connectivity index (χ1) is 15.1. The molecule has 1 unspecified atom stereocenters. The number of carbonyl (C=O) groups is 1. The van der Waals surface area contributed by atoms with E-state index in [9.17, 15) is 4.79 Å². The van der Waals surface area contributed by atoms with Crippen LogP contribution in [0.5, 0.6) is 0 Å². The van der Waals surface area contributed by atoms with Gasteiger partial charge in [-0.2, -0.15) is 10.1 Å². The minimum absolute atomic E-state index is 0.0151. The minimum atomic E-state index is -0.497. The van der Waals surface area contributed by atoms with Crippen molar-refractivity contribution < 1.29 is 4.79 Å². The normalized spacial score (nSPS) is 24.4. The molecule has 2 aromatic heterocycles. The summed E-state index contributed by atoms with van der Waals surface area (Å²) in [6.07, 6.45) is 2.78. The van der Waals surface area contributed by atoms with E-state index in [4.69, 9.17) is 0 Å². The molecular weight excluding hydrogens is 406 g/mol. The molecule has 4 N–H and O–H groups in total. The topological polar surface area (TPSA) is 114 Å². The van der Waals surface area contributed by atoms with Crippen LogP contribution in [-0.4, -0.2) is 68.2 Å². The molecule has 0 spiro atoms. The summed E-state index contributed by atoms with van der Waals surface area (Å²) >= 11 is 0. The van der Waals surface area contributed by atoms with Crippen LogP contribution in [0.1, 0.15) is 52.3 Å². The molecule has 4 rings (SSSR count). The van der Waals surface area contributed by atoms with E-state index in [-0.39, 0.29) is 11.6 Å². The maximum absolute atomic E-state index is 13.2. The minimum Gasteiger partial charge on any atom is -0.354 e. The number of nitrogens with one attached hydrogen (secondary N) is 4. The zero-order chi connectivity index (χ0) is 23.1. The summed E-state index contributed by atoms with van der Waals surface area (Å²) in [4.78, 5) is 26.1. The number of aromatic nitrogens is 4. The molecule has 0 aliphatic carbocycles. The number of carbonyl (C=O) groups excluding carboxylic acids is 1. The van der Waals surface area contributed by atoms with Gasteiger partial charge in [0.2, 0.25) is 5.95 Å². The Balaban J connectivity index is 1.46. The number of likely N-dealkylation sites (N-methyl/N-ethyl adjacent to an activating group) is 1. The molecule has 2 aromatic rings. The second kappa shape index (κ2) is 8.23.